The molecule has 1 aliphatic rings. The first kappa shape index (κ1) is 18.6. The number of thiophene rings is 1. The van der Waals surface area contributed by atoms with Crippen LogP contribution in [0, 0.1) is 5.92 Å². The third-order valence-electron chi connectivity index (χ3n) is 4.99. The molecule has 1 aliphatic carbocycles. The summed E-state index contributed by atoms with van der Waals surface area (Å²) in [6.45, 7) is 7.58. The highest BCUT2D eigenvalue weighted by atomic mass is 32.1. The quantitative estimate of drug-likeness (QED) is 0.836. The molecule has 0 unspecified atom stereocenters. The smallest absolute Gasteiger partial charge is 0.265 e. The topological polar surface area (TPSA) is 49.4 Å². The molecule has 0 fully saturated rings. The molecule has 0 saturated heterocycles. The summed E-state index contributed by atoms with van der Waals surface area (Å²) in [6.07, 6.45) is 3.36. The van der Waals surface area contributed by atoms with Gasteiger partial charge in [-0.1, -0.05) is 6.92 Å². The summed E-state index contributed by atoms with van der Waals surface area (Å²) >= 11 is 1.61. The van der Waals surface area contributed by atoms with Crippen molar-refractivity contribution in [3.63, 3.8) is 0 Å². The van der Waals surface area contributed by atoms with Gasteiger partial charge in [-0.3, -0.25) is 9.59 Å². The maximum Gasteiger partial charge on any atom is 0.265 e. The van der Waals surface area contributed by atoms with Crippen LogP contribution in [-0.4, -0.2) is 29.8 Å². The highest BCUT2D eigenvalue weighted by Crippen LogP contribution is 2.32. The number of nitrogens with zero attached hydrogens (tertiary/aromatic N) is 1. The van der Waals surface area contributed by atoms with Crippen LogP contribution >= 0.6 is 11.3 Å². The average molecular weight is 371 g/mol. The summed E-state index contributed by atoms with van der Waals surface area (Å²) in [4.78, 5) is 28.8. The average Bonchev–Trinajstić information content (AvgIpc) is 3.06. The van der Waals surface area contributed by atoms with Gasteiger partial charge >= 0.3 is 0 Å². The molecule has 0 spiro atoms. The highest BCUT2D eigenvalue weighted by Gasteiger charge is 2.21. The van der Waals surface area contributed by atoms with Gasteiger partial charge in [-0.25, -0.2) is 0 Å². The number of hydrogen-bond acceptors (Lipinski definition) is 3. The van der Waals surface area contributed by atoms with E-state index < -0.39 is 0 Å². The first-order valence-corrected chi connectivity index (χ1v) is 10.2. The predicted molar refractivity (Wildman–Crippen MR) is 107 cm³/mol. The van der Waals surface area contributed by atoms with Crippen molar-refractivity contribution in [2.75, 3.05) is 18.4 Å². The number of fused-ring (bicyclic) bond motifs is 1. The first-order valence-electron chi connectivity index (χ1n) is 9.34. The standard InChI is InChI=1S/C21H26N2O2S/c1-4-23(5-2)21(25)15-7-9-17(10-8-15)22-20(24)19-13-16-12-14(3)6-11-18(16)26-19/h7-10,13-14H,4-6,11-12H2,1-3H3,(H,22,24)/t14-/m0/s1. The van der Waals surface area contributed by atoms with E-state index in [1.807, 2.05) is 19.9 Å². The summed E-state index contributed by atoms with van der Waals surface area (Å²) in [7, 11) is 0. The number of carbonyl (C=O) groups is 2. The summed E-state index contributed by atoms with van der Waals surface area (Å²) in [5, 5.41) is 2.95. The molecule has 1 heterocycles. The Balaban J connectivity index is 1.67. The van der Waals surface area contributed by atoms with Gasteiger partial charge in [-0.15, -0.1) is 11.3 Å². The molecule has 1 aromatic carbocycles. The van der Waals surface area contributed by atoms with Crippen LogP contribution in [0.25, 0.3) is 0 Å². The van der Waals surface area contributed by atoms with Crippen molar-refractivity contribution in [1.82, 2.24) is 4.90 Å². The van der Waals surface area contributed by atoms with Crippen molar-refractivity contribution in [3.05, 3.63) is 51.2 Å². The van der Waals surface area contributed by atoms with E-state index in [1.54, 1.807) is 40.5 Å². The van der Waals surface area contributed by atoms with Crippen molar-refractivity contribution in [2.45, 2.75) is 40.0 Å². The van der Waals surface area contributed by atoms with Crippen LogP contribution in [-0.2, 0) is 12.8 Å². The minimum Gasteiger partial charge on any atom is -0.339 e. The Morgan fingerprint density at radius 1 is 1.19 bits per heavy atom. The van der Waals surface area contributed by atoms with E-state index in [0.717, 1.165) is 17.7 Å². The Morgan fingerprint density at radius 3 is 2.54 bits per heavy atom. The third kappa shape index (κ3) is 3.98. The minimum atomic E-state index is -0.0696. The van der Waals surface area contributed by atoms with Crippen LogP contribution < -0.4 is 5.32 Å². The van der Waals surface area contributed by atoms with Gasteiger partial charge in [0.05, 0.1) is 4.88 Å². The number of benzene rings is 1. The highest BCUT2D eigenvalue weighted by molar-refractivity contribution is 7.14. The van der Waals surface area contributed by atoms with Gasteiger partial charge in [0.1, 0.15) is 0 Å². The lowest BCUT2D eigenvalue weighted by molar-refractivity contribution is 0.0773. The van der Waals surface area contributed by atoms with E-state index in [2.05, 4.69) is 12.2 Å². The van der Waals surface area contributed by atoms with E-state index in [1.165, 1.54) is 16.9 Å². The van der Waals surface area contributed by atoms with Crippen LogP contribution in [0.5, 0.6) is 0 Å². The Bertz CT molecular complexity index is 791. The molecule has 26 heavy (non-hydrogen) atoms. The van der Waals surface area contributed by atoms with Gasteiger partial charge in [-0.05, 0) is 74.9 Å². The molecule has 0 bridgehead atoms. The Kier molecular flexibility index (Phi) is 5.77. The van der Waals surface area contributed by atoms with Crippen molar-refractivity contribution < 1.29 is 9.59 Å². The normalized spacial score (nSPS) is 16.0. The molecule has 5 heteroatoms. The van der Waals surface area contributed by atoms with Gasteiger partial charge in [0.25, 0.3) is 11.8 Å². The number of hydrogen-bond donors (Lipinski definition) is 1. The van der Waals surface area contributed by atoms with Crippen LogP contribution in [0.15, 0.2) is 30.3 Å². The molecular weight excluding hydrogens is 344 g/mol. The third-order valence-corrected chi connectivity index (χ3v) is 6.23. The largest absolute Gasteiger partial charge is 0.339 e. The van der Waals surface area contributed by atoms with E-state index in [4.69, 9.17) is 0 Å². The second-order valence-corrected chi connectivity index (χ2v) is 8.05. The van der Waals surface area contributed by atoms with Gasteiger partial charge in [0.15, 0.2) is 0 Å². The zero-order chi connectivity index (χ0) is 18.7. The Morgan fingerprint density at radius 2 is 1.88 bits per heavy atom. The molecule has 4 nitrogen and oxygen atoms in total. The lowest BCUT2D eigenvalue weighted by atomic mass is 9.90. The molecule has 1 aromatic heterocycles. The van der Waals surface area contributed by atoms with E-state index in [9.17, 15) is 9.59 Å². The van der Waals surface area contributed by atoms with Gasteiger partial charge in [-0.2, -0.15) is 0 Å². The minimum absolute atomic E-state index is 0.0212. The lowest BCUT2D eigenvalue weighted by Gasteiger charge is -2.18. The summed E-state index contributed by atoms with van der Waals surface area (Å²) < 4.78 is 0. The van der Waals surface area contributed by atoms with E-state index >= 15 is 0 Å². The zero-order valence-corrected chi connectivity index (χ0v) is 16.5. The second kappa shape index (κ2) is 8.04. The monoisotopic (exact) mass is 370 g/mol. The SMILES string of the molecule is CCN(CC)C(=O)c1ccc(NC(=O)c2cc3c(s2)CC[C@H](C)C3)cc1. The van der Waals surface area contributed by atoms with E-state index in [0.29, 0.717) is 30.3 Å². The fourth-order valence-electron chi connectivity index (χ4n) is 3.40. The van der Waals surface area contributed by atoms with Crippen molar-refractivity contribution in [2.24, 2.45) is 5.92 Å². The number of anilines is 1. The molecule has 2 aromatic rings. The van der Waals surface area contributed by atoms with Crippen LogP contribution in [0.3, 0.4) is 0 Å². The maximum absolute atomic E-state index is 12.6. The zero-order valence-electron chi connectivity index (χ0n) is 15.7. The summed E-state index contributed by atoms with van der Waals surface area (Å²) in [5.74, 6) is 0.650. The van der Waals surface area contributed by atoms with Gasteiger partial charge in [0.2, 0.25) is 0 Å². The summed E-state index contributed by atoms with van der Waals surface area (Å²) in [5.41, 5.74) is 2.69. The van der Waals surface area contributed by atoms with Gasteiger partial charge in [0, 0.05) is 29.2 Å². The number of amides is 2. The van der Waals surface area contributed by atoms with Crippen molar-refractivity contribution in [1.29, 1.82) is 0 Å². The van der Waals surface area contributed by atoms with Gasteiger partial charge < -0.3 is 10.2 Å². The molecule has 0 radical (unpaired) electrons. The molecule has 2 amide bonds. The fourth-order valence-corrected chi connectivity index (χ4v) is 4.50. The van der Waals surface area contributed by atoms with Crippen LogP contribution in [0.4, 0.5) is 5.69 Å². The Hall–Kier alpha value is -2.14. The molecular formula is C21H26N2O2S. The second-order valence-electron chi connectivity index (χ2n) is 6.92. The summed E-state index contributed by atoms with van der Waals surface area (Å²) in [6, 6.07) is 9.19. The lowest BCUT2D eigenvalue weighted by Crippen LogP contribution is -2.30. The number of nitrogens with one attached hydrogen (secondary N) is 1. The molecule has 1 N–H and O–H groups in total. The molecule has 0 saturated carbocycles. The first-order chi connectivity index (χ1) is 12.5. The van der Waals surface area contributed by atoms with Crippen molar-refractivity contribution in [3.8, 4) is 0 Å². The molecule has 3 rings (SSSR count). The van der Waals surface area contributed by atoms with E-state index in [-0.39, 0.29) is 11.8 Å². The maximum atomic E-state index is 12.6. The van der Waals surface area contributed by atoms with Crippen molar-refractivity contribution >= 4 is 28.8 Å². The molecule has 138 valence electrons. The van der Waals surface area contributed by atoms with Crippen LogP contribution in [0.2, 0.25) is 0 Å². The fraction of sp³-hybridized carbons (Fsp3) is 0.429. The predicted octanol–water partition coefficient (Wildman–Crippen LogP) is 4.61. The van der Waals surface area contributed by atoms with Crippen LogP contribution in [0.1, 0.15) is 57.7 Å². The molecule has 1 atom stereocenters. The molecule has 0 aliphatic heterocycles. The number of aryl methyl sites for hydroxylation is 1. The number of rotatable bonds is 5. The Labute approximate surface area is 159 Å². The number of carbonyl (C=O) groups excluding carboxylic acids is 2.